The monoisotopic (exact) mass is 431 g/mol. The van der Waals surface area contributed by atoms with Gasteiger partial charge in [-0.2, -0.15) is 0 Å². The summed E-state index contributed by atoms with van der Waals surface area (Å²) in [5.74, 6) is 1.53. The minimum absolute atomic E-state index is 0.127. The maximum absolute atomic E-state index is 6.06. The van der Waals surface area contributed by atoms with Gasteiger partial charge in [0.05, 0.1) is 4.47 Å². The van der Waals surface area contributed by atoms with E-state index in [4.69, 9.17) is 22.1 Å². The van der Waals surface area contributed by atoms with Crippen LogP contribution in [0.15, 0.2) is 45.3 Å². The summed E-state index contributed by atoms with van der Waals surface area (Å²) in [6.45, 7) is 2.08. The summed E-state index contributed by atoms with van der Waals surface area (Å²) in [7, 11) is 0. The SMILES string of the molecule is CCC(N)Cc1ccc(Br)cc1Oc1ccc(Cl)cc1Br. The first-order chi connectivity index (χ1) is 9.99. The van der Waals surface area contributed by atoms with Crippen molar-refractivity contribution in [1.29, 1.82) is 0 Å². The van der Waals surface area contributed by atoms with E-state index in [1.165, 1.54) is 0 Å². The topological polar surface area (TPSA) is 35.2 Å². The molecule has 2 aromatic rings. The van der Waals surface area contributed by atoms with Crippen LogP contribution in [0.1, 0.15) is 18.9 Å². The van der Waals surface area contributed by atoms with Crippen molar-refractivity contribution in [2.24, 2.45) is 5.73 Å². The Morgan fingerprint density at radius 2 is 1.90 bits per heavy atom. The van der Waals surface area contributed by atoms with Crippen molar-refractivity contribution in [3.8, 4) is 11.5 Å². The van der Waals surface area contributed by atoms with Gasteiger partial charge in [-0.3, -0.25) is 0 Å². The number of hydrogen-bond acceptors (Lipinski definition) is 2. The van der Waals surface area contributed by atoms with Gasteiger partial charge in [-0.05, 0) is 64.7 Å². The molecule has 0 aliphatic heterocycles. The molecule has 0 radical (unpaired) electrons. The lowest BCUT2D eigenvalue weighted by atomic mass is 10.0. The van der Waals surface area contributed by atoms with Crippen LogP contribution < -0.4 is 10.5 Å². The largest absolute Gasteiger partial charge is 0.456 e. The smallest absolute Gasteiger partial charge is 0.141 e. The van der Waals surface area contributed by atoms with Crippen LogP contribution in [0.2, 0.25) is 5.02 Å². The molecule has 0 amide bonds. The highest BCUT2D eigenvalue weighted by Gasteiger charge is 2.11. The van der Waals surface area contributed by atoms with Crippen LogP contribution in [-0.2, 0) is 6.42 Å². The molecule has 0 aromatic heterocycles. The third kappa shape index (κ3) is 4.71. The van der Waals surface area contributed by atoms with Gasteiger partial charge in [-0.25, -0.2) is 0 Å². The van der Waals surface area contributed by atoms with E-state index in [-0.39, 0.29) is 6.04 Å². The lowest BCUT2D eigenvalue weighted by Gasteiger charge is -2.15. The number of benzene rings is 2. The number of ether oxygens (including phenoxy) is 1. The zero-order chi connectivity index (χ0) is 15.4. The Balaban J connectivity index is 2.31. The molecule has 0 aliphatic rings. The molecular formula is C16H16Br2ClNO. The highest BCUT2D eigenvalue weighted by Crippen LogP contribution is 2.35. The fourth-order valence-electron chi connectivity index (χ4n) is 1.90. The molecule has 0 saturated carbocycles. The molecule has 2 aromatic carbocycles. The van der Waals surface area contributed by atoms with Crippen LogP contribution in [0.4, 0.5) is 0 Å². The number of nitrogens with two attached hydrogens (primary N) is 1. The fraction of sp³-hybridized carbons (Fsp3) is 0.250. The zero-order valence-electron chi connectivity index (χ0n) is 11.6. The molecular weight excluding hydrogens is 417 g/mol. The summed E-state index contributed by atoms with van der Waals surface area (Å²) >= 11 is 12.9. The van der Waals surface area contributed by atoms with Crippen LogP contribution in [0.5, 0.6) is 11.5 Å². The maximum Gasteiger partial charge on any atom is 0.141 e. The summed E-state index contributed by atoms with van der Waals surface area (Å²) in [6, 6.07) is 11.6. The number of halogens is 3. The normalized spacial score (nSPS) is 12.2. The molecule has 0 saturated heterocycles. The molecule has 5 heteroatoms. The van der Waals surface area contributed by atoms with Crippen molar-refractivity contribution >= 4 is 43.5 Å². The van der Waals surface area contributed by atoms with Gasteiger partial charge >= 0.3 is 0 Å². The predicted octanol–water partition coefficient (Wildman–Crippen LogP) is 5.94. The minimum Gasteiger partial charge on any atom is -0.456 e. The Morgan fingerprint density at radius 3 is 2.57 bits per heavy atom. The summed E-state index contributed by atoms with van der Waals surface area (Å²) in [4.78, 5) is 0. The van der Waals surface area contributed by atoms with E-state index in [0.29, 0.717) is 5.02 Å². The summed E-state index contributed by atoms with van der Waals surface area (Å²) < 4.78 is 7.82. The van der Waals surface area contributed by atoms with E-state index in [0.717, 1.165) is 38.8 Å². The van der Waals surface area contributed by atoms with Crippen LogP contribution in [0.25, 0.3) is 0 Å². The van der Waals surface area contributed by atoms with Gasteiger partial charge in [-0.15, -0.1) is 0 Å². The van der Waals surface area contributed by atoms with Gasteiger partial charge in [0.25, 0.3) is 0 Å². The highest BCUT2D eigenvalue weighted by atomic mass is 79.9. The van der Waals surface area contributed by atoms with E-state index < -0.39 is 0 Å². The second-order valence-corrected chi connectivity index (χ2v) is 7.01. The quantitative estimate of drug-likeness (QED) is 0.634. The summed E-state index contributed by atoms with van der Waals surface area (Å²) in [6.07, 6.45) is 1.71. The first kappa shape index (κ1) is 16.8. The van der Waals surface area contributed by atoms with Gasteiger partial charge in [0.1, 0.15) is 11.5 Å². The van der Waals surface area contributed by atoms with E-state index >= 15 is 0 Å². The van der Waals surface area contributed by atoms with E-state index in [1.807, 2.05) is 30.3 Å². The average molecular weight is 434 g/mol. The van der Waals surface area contributed by atoms with Crippen molar-refractivity contribution < 1.29 is 4.74 Å². The Hall–Kier alpha value is -0.550. The van der Waals surface area contributed by atoms with Crippen LogP contribution in [0.3, 0.4) is 0 Å². The van der Waals surface area contributed by atoms with Crippen molar-refractivity contribution in [3.63, 3.8) is 0 Å². The van der Waals surface area contributed by atoms with Gasteiger partial charge in [-0.1, -0.05) is 40.5 Å². The maximum atomic E-state index is 6.06. The van der Waals surface area contributed by atoms with Gasteiger partial charge in [0.15, 0.2) is 0 Å². The molecule has 2 rings (SSSR count). The molecule has 0 heterocycles. The second kappa shape index (κ2) is 7.63. The zero-order valence-corrected chi connectivity index (χ0v) is 15.5. The van der Waals surface area contributed by atoms with Crippen molar-refractivity contribution in [2.45, 2.75) is 25.8 Å². The Kier molecular flexibility index (Phi) is 6.11. The molecule has 21 heavy (non-hydrogen) atoms. The minimum atomic E-state index is 0.127. The number of rotatable bonds is 5. The van der Waals surface area contributed by atoms with Crippen LogP contribution in [-0.4, -0.2) is 6.04 Å². The lowest BCUT2D eigenvalue weighted by molar-refractivity contribution is 0.469. The summed E-state index contributed by atoms with van der Waals surface area (Å²) in [5, 5.41) is 0.664. The molecule has 0 spiro atoms. The predicted molar refractivity (Wildman–Crippen MR) is 95.3 cm³/mol. The molecule has 112 valence electrons. The van der Waals surface area contributed by atoms with Gasteiger partial charge in [0.2, 0.25) is 0 Å². The Morgan fingerprint density at radius 1 is 1.14 bits per heavy atom. The standard InChI is InChI=1S/C16H16Br2ClNO/c1-2-13(20)7-10-3-4-11(17)8-16(10)21-15-6-5-12(19)9-14(15)18/h3-6,8-9,13H,2,7,20H2,1H3. The molecule has 1 unspecified atom stereocenters. The molecule has 0 aliphatic carbocycles. The number of hydrogen-bond donors (Lipinski definition) is 1. The van der Waals surface area contributed by atoms with Gasteiger partial charge < -0.3 is 10.5 Å². The molecule has 0 bridgehead atoms. The van der Waals surface area contributed by atoms with E-state index in [1.54, 1.807) is 6.07 Å². The van der Waals surface area contributed by atoms with E-state index in [9.17, 15) is 0 Å². The third-order valence-electron chi connectivity index (χ3n) is 3.15. The molecule has 1 atom stereocenters. The highest BCUT2D eigenvalue weighted by molar-refractivity contribution is 9.10. The molecule has 2 N–H and O–H groups in total. The third-order valence-corrected chi connectivity index (χ3v) is 4.50. The summed E-state index contributed by atoms with van der Waals surface area (Å²) in [5.41, 5.74) is 7.15. The molecule has 2 nitrogen and oxygen atoms in total. The van der Waals surface area contributed by atoms with Crippen molar-refractivity contribution in [3.05, 3.63) is 55.9 Å². The van der Waals surface area contributed by atoms with Crippen LogP contribution in [0, 0.1) is 0 Å². The van der Waals surface area contributed by atoms with E-state index in [2.05, 4.69) is 38.8 Å². The average Bonchev–Trinajstić information content (AvgIpc) is 2.44. The van der Waals surface area contributed by atoms with Crippen molar-refractivity contribution in [1.82, 2.24) is 0 Å². The second-order valence-electron chi connectivity index (χ2n) is 4.80. The lowest BCUT2D eigenvalue weighted by Crippen LogP contribution is -2.21. The Labute approximate surface area is 146 Å². The Bertz CT molecular complexity index is 634. The first-order valence-corrected chi connectivity index (χ1v) is 8.63. The first-order valence-electron chi connectivity index (χ1n) is 6.66. The fourth-order valence-corrected chi connectivity index (χ4v) is 3.00. The van der Waals surface area contributed by atoms with Crippen LogP contribution >= 0.6 is 43.5 Å². The van der Waals surface area contributed by atoms with Crippen molar-refractivity contribution in [2.75, 3.05) is 0 Å². The van der Waals surface area contributed by atoms with Gasteiger partial charge in [0, 0.05) is 15.5 Å². The molecule has 0 fully saturated rings.